The Kier molecular flexibility index (Phi) is 3.80. The van der Waals surface area contributed by atoms with Crippen LogP contribution in [0.25, 0.3) is 0 Å². The minimum atomic E-state index is -0.101. The SMILES string of the molecule is CCC[C@@H]1[C@@H](C=O)[C@H]1C(=O)c1ccc(OC)cc1. The second-order valence-electron chi connectivity index (χ2n) is 4.78. The van der Waals surface area contributed by atoms with E-state index in [1.54, 1.807) is 31.4 Å². The van der Waals surface area contributed by atoms with Gasteiger partial charge in [0.05, 0.1) is 7.11 Å². The number of Topliss-reactive ketones (excluding diaryl/α,β-unsaturated/α-hetero) is 1. The molecule has 0 unspecified atom stereocenters. The molecule has 0 saturated heterocycles. The quantitative estimate of drug-likeness (QED) is 0.572. The molecular weight excluding hydrogens is 228 g/mol. The first-order chi connectivity index (χ1) is 8.72. The lowest BCUT2D eigenvalue weighted by Gasteiger charge is -2.02. The van der Waals surface area contributed by atoms with E-state index in [4.69, 9.17) is 4.74 Å². The normalized spacial score (nSPS) is 25.6. The maximum atomic E-state index is 12.3. The van der Waals surface area contributed by atoms with Crippen molar-refractivity contribution in [3.63, 3.8) is 0 Å². The summed E-state index contributed by atoms with van der Waals surface area (Å²) < 4.78 is 5.06. The van der Waals surface area contributed by atoms with Gasteiger partial charge in [0, 0.05) is 17.4 Å². The molecule has 1 aliphatic rings. The monoisotopic (exact) mass is 246 g/mol. The lowest BCUT2D eigenvalue weighted by molar-refractivity contribution is -0.109. The highest BCUT2D eigenvalue weighted by Gasteiger charge is 2.53. The van der Waals surface area contributed by atoms with Crippen molar-refractivity contribution in [2.75, 3.05) is 7.11 Å². The van der Waals surface area contributed by atoms with Gasteiger partial charge in [-0.15, -0.1) is 0 Å². The van der Waals surface area contributed by atoms with Gasteiger partial charge in [0.2, 0.25) is 0 Å². The fourth-order valence-electron chi connectivity index (χ4n) is 2.61. The first-order valence-electron chi connectivity index (χ1n) is 6.36. The van der Waals surface area contributed by atoms with E-state index in [-0.39, 0.29) is 23.5 Å². The van der Waals surface area contributed by atoms with Gasteiger partial charge in [0.1, 0.15) is 12.0 Å². The molecule has 0 heterocycles. The Balaban J connectivity index is 2.09. The molecule has 1 saturated carbocycles. The summed E-state index contributed by atoms with van der Waals surface area (Å²) in [6, 6.07) is 7.09. The topological polar surface area (TPSA) is 43.4 Å². The molecule has 3 heteroatoms. The zero-order chi connectivity index (χ0) is 13.1. The number of benzene rings is 1. The van der Waals surface area contributed by atoms with Gasteiger partial charge >= 0.3 is 0 Å². The molecule has 3 nitrogen and oxygen atoms in total. The van der Waals surface area contributed by atoms with Crippen molar-refractivity contribution >= 4 is 12.1 Å². The number of aldehydes is 1. The minimum Gasteiger partial charge on any atom is -0.497 e. The molecule has 0 radical (unpaired) electrons. The molecule has 3 atom stereocenters. The summed E-state index contributed by atoms with van der Waals surface area (Å²) >= 11 is 0. The molecule has 0 spiro atoms. The first-order valence-corrected chi connectivity index (χ1v) is 6.36. The van der Waals surface area contributed by atoms with Crippen LogP contribution in [0.15, 0.2) is 24.3 Å². The van der Waals surface area contributed by atoms with Crippen LogP contribution in [-0.4, -0.2) is 19.2 Å². The zero-order valence-electron chi connectivity index (χ0n) is 10.8. The maximum absolute atomic E-state index is 12.3. The molecule has 1 aromatic carbocycles. The van der Waals surface area contributed by atoms with E-state index in [1.165, 1.54) is 0 Å². The highest BCUT2D eigenvalue weighted by atomic mass is 16.5. The van der Waals surface area contributed by atoms with Crippen LogP contribution in [0.5, 0.6) is 5.75 Å². The molecule has 2 rings (SSSR count). The Bertz CT molecular complexity index is 436. The van der Waals surface area contributed by atoms with Crippen LogP contribution in [0.1, 0.15) is 30.1 Å². The Morgan fingerprint density at radius 2 is 2.00 bits per heavy atom. The third-order valence-electron chi connectivity index (χ3n) is 3.69. The average molecular weight is 246 g/mol. The average Bonchev–Trinajstić information content (AvgIpc) is 3.11. The number of ether oxygens (including phenoxy) is 1. The smallest absolute Gasteiger partial charge is 0.166 e. The third kappa shape index (κ3) is 2.30. The van der Waals surface area contributed by atoms with Gasteiger partial charge in [-0.2, -0.15) is 0 Å². The van der Waals surface area contributed by atoms with Crippen LogP contribution in [0.3, 0.4) is 0 Å². The lowest BCUT2D eigenvalue weighted by Crippen LogP contribution is -2.04. The number of hydrogen-bond acceptors (Lipinski definition) is 3. The van der Waals surface area contributed by atoms with Gasteiger partial charge in [0.25, 0.3) is 0 Å². The fraction of sp³-hybridized carbons (Fsp3) is 0.467. The largest absolute Gasteiger partial charge is 0.497 e. The van der Waals surface area contributed by atoms with Gasteiger partial charge in [-0.25, -0.2) is 0 Å². The van der Waals surface area contributed by atoms with Crippen molar-refractivity contribution in [1.29, 1.82) is 0 Å². The van der Waals surface area contributed by atoms with Crippen LogP contribution >= 0.6 is 0 Å². The van der Waals surface area contributed by atoms with Crippen molar-refractivity contribution in [2.24, 2.45) is 17.8 Å². The number of ketones is 1. The van der Waals surface area contributed by atoms with Crippen LogP contribution in [0.2, 0.25) is 0 Å². The molecule has 1 aliphatic carbocycles. The van der Waals surface area contributed by atoms with E-state index in [2.05, 4.69) is 6.92 Å². The fourth-order valence-corrected chi connectivity index (χ4v) is 2.61. The maximum Gasteiger partial charge on any atom is 0.166 e. The summed E-state index contributed by atoms with van der Waals surface area (Å²) in [5, 5.41) is 0. The molecule has 18 heavy (non-hydrogen) atoms. The molecule has 0 amide bonds. The number of rotatable bonds is 6. The number of carbonyl (C=O) groups is 2. The zero-order valence-corrected chi connectivity index (χ0v) is 10.8. The van der Waals surface area contributed by atoms with Gasteiger partial charge in [-0.3, -0.25) is 4.79 Å². The molecular formula is C15H18O3. The van der Waals surface area contributed by atoms with Gasteiger partial charge in [-0.1, -0.05) is 13.3 Å². The van der Waals surface area contributed by atoms with Crippen molar-refractivity contribution in [3.05, 3.63) is 29.8 Å². The Labute approximate surface area is 107 Å². The predicted octanol–water partition coefficient (Wildman–Crippen LogP) is 2.74. The van der Waals surface area contributed by atoms with Crippen molar-refractivity contribution < 1.29 is 14.3 Å². The Hall–Kier alpha value is -1.64. The number of hydrogen-bond donors (Lipinski definition) is 0. The molecule has 0 aromatic heterocycles. The van der Waals surface area contributed by atoms with E-state index in [1.807, 2.05) is 0 Å². The van der Waals surface area contributed by atoms with Crippen LogP contribution in [0.4, 0.5) is 0 Å². The summed E-state index contributed by atoms with van der Waals surface area (Å²) in [6.07, 6.45) is 2.91. The molecule has 96 valence electrons. The second-order valence-corrected chi connectivity index (χ2v) is 4.78. The van der Waals surface area contributed by atoms with Gasteiger partial charge in [0.15, 0.2) is 5.78 Å². The second kappa shape index (κ2) is 5.34. The van der Waals surface area contributed by atoms with E-state index in [0.717, 1.165) is 24.9 Å². The summed E-state index contributed by atoms with van der Waals surface area (Å²) in [5.74, 6) is 0.907. The van der Waals surface area contributed by atoms with Crippen molar-refractivity contribution in [3.8, 4) is 5.75 Å². The standard InChI is InChI=1S/C15H18O3/c1-3-4-12-13(9-16)14(12)15(17)10-5-7-11(18-2)8-6-10/h5-9,12-14H,3-4H2,1-2H3/t12-,13-,14+/m1/s1. The summed E-state index contributed by atoms with van der Waals surface area (Å²) in [4.78, 5) is 23.2. The minimum absolute atomic E-state index is 0.0699. The van der Waals surface area contributed by atoms with Crippen molar-refractivity contribution in [1.82, 2.24) is 0 Å². The molecule has 0 aliphatic heterocycles. The van der Waals surface area contributed by atoms with E-state index in [9.17, 15) is 9.59 Å². The molecule has 1 aromatic rings. The van der Waals surface area contributed by atoms with Gasteiger partial charge < -0.3 is 9.53 Å². The Morgan fingerprint density at radius 3 is 2.50 bits per heavy atom. The first kappa shape index (κ1) is 12.8. The number of methoxy groups -OCH3 is 1. The Morgan fingerprint density at radius 1 is 1.33 bits per heavy atom. The van der Waals surface area contributed by atoms with Crippen LogP contribution in [-0.2, 0) is 4.79 Å². The van der Waals surface area contributed by atoms with Crippen LogP contribution < -0.4 is 4.74 Å². The molecule has 1 fully saturated rings. The predicted molar refractivity (Wildman–Crippen MR) is 68.8 cm³/mol. The lowest BCUT2D eigenvalue weighted by atomic mass is 10.0. The van der Waals surface area contributed by atoms with Crippen molar-refractivity contribution in [2.45, 2.75) is 19.8 Å². The molecule has 0 N–H and O–H groups in total. The van der Waals surface area contributed by atoms with E-state index in [0.29, 0.717) is 5.56 Å². The third-order valence-corrected chi connectivity index (χ3v) is 3.69. The van der Waals surface area contributed by atoms with Crippen LogP contribution in [0, 0.1) is 17.8 Å². The van der Waals surface area contributed by atoms with E-state index < -0.39 is 0 Å². The highest BCUT2D eigenvalue weighted by Crippen LogP contribution is 2.49. The highest BCUT2D eigenvalue weighted by molar-refractivity contribution is 6.02. The number of carbonyl (C=O) groups excluding carboxylic acids is 2. The molecule has 0 bridgehead atoms. The van der Waals surface area contributed by atoms with E-state index >= 15 is 0 Å². The summed E-state index contributed by atoms with van der Waals surface area (Å²) in [7, 11) is 1.59. The summed E-state index contributed by atoms with van der Waals surface area (Å²) in [5.41, 5.74) is 0.672. The van der Waals surface area contributed by atoms with Gasteiger partial charge in [-0.05, 0) is 36.6 Å². The summed E-state index contributed by atoms with van der Waals surface area (Å²) in [6.45, 7) is 2.08.